The Hall–Kier alpha value is -1.98. The molecule has 1 saturated carbocycles. The first-order valence-corrected chi connectivity index (χ1v) is 9.60. The predicted octanol–water partition coefficient (Wildman–Crippen LogP) is 4.99. The maximum absolute atomic E-state index is 13.0. The van der Waals surface area contributed by atoms with E-state index in [0.29, 0.717) is 11.6 Å². The summed E-state index contributed by atoms with van der Waals surface area (Å²) in [6.45, 7) is 2.41. The number of pyridine rings is 1. The van der Waals surface area contributed by atoms with E-state index in [0.717, 1.165) is 45.9 Å². The number of carbonyl (C=O) groups is 1. The fraction of sp³-hybridized carbons (Fsp3) is 0.316. The van der Waals surface area contributed by atoms with Crippen molar-refractivity contribution in [1.82, 2.24) is 9.97 Å². The maximum atomic E-state index is 13.0. The molecule has 0 spiro atoms. The standard InChI is InChI=1S/C19H18ClN3OS/c1-12-15(20)8-9-16-17(12)22-19(25-16)23(18(24)13-5-4-6-13)11-14-7-2-3-10-21-14/h2-3,7-10,13H,4-6,11H2,1H3. The lowest BCUT2D eigenvalue weighted by atomic mass is 9.84. The number of hydrogen-bond acceptors (Lipinski definition) is 4. The summed E-state index contributed by atoms with van der Waals surface area (Å²) in [6.07, 6.45) is 4.81. The van der Waals surface area contributed by atoms with Crippen LogP contribution in [0.1, 0.15) is 30.5 Å². The number of nitrogens with zero attached hydrogens (tertiary/aromatic N) is 3. The number of thiazole rings is 1. The molecule has 0 N–H and O–H groups in total. The lowest BCUT2D eigenvalue weighted by molar-refractivity contribution is -0.124. The third-order valence-corrected chi connectivity index (χ3v) is 6.19. The van der Waals surface area contributed by atoms with Gasteiger partial charge in [0.1, 0.15) is 0 Å². The summed E-state index contributed by atoms with van der Waals surface area (Å²) in [4.78, 5) is 23.9. The highest BCUT2D eigenvalue weighted by atomic mass is 35.5. The van der Waals surface area contributed by atoms with Crippen LogP contribution in [-0.2, 0) is 11.3 Å². The van der Waals surface area contributed by atoms with Crippen LogP contribution in [0.4, 0.5) is 5.13 Å². The normalized spacial score (nSPS) is 14.5. The average Bonchev–Trinajstić information content (AvgIpc) is 3.00. The van der Waals surface area contributed by atoms with Gasteiger partial charge in [-0.2, -0.15) is 0 Å². The molecule has 2 heterocycles. The summed E-state index contributed by atoms with van der Waals surface area (Å²) in [5.74, 6) is 0.264. The fourth-order valence-electron chi connectivity index (χ4n) is 2.97. The van der Waals surface area contributed by atoms with Crippen molar-refractivity contribution in [1.29, 1.82) is 0 Å². The molecule has 6 heteroatoms. The van der Waals surface area contributed by atoms with Crippen LogP contribution in [0.25, 0.3) is 10.2 Å². The monoisotopic (exact) mass is 371 g/mol. The van der Waals surface area contributed by atoms with E-state index in [4.69, 9.17) is 16.6 Å². The molecular weight excluding hydrogens is 354 g/mol. The highest BCUT2D eigenvalue weighted by molar-refractivity contribution is 7.22. The van der Waals surface area contributed by atoms with Gasteiger partial charge < -0.3 is 0 Å². The zero-order valence-corrected chi connectivity index (χ0v) is 15.5. The number of halogens is 1. The Labute approximate surface area is 155 Å². The summed E-state index contributed by atoms with van der Waals surface area (Å²) < 4.78 is 1.05. The van der Waals surface area contributed by atoms with Gasteiger partial charge in [-0.1, -0.05) is 35.4 Å². The molecule has 3 aromatic rings. The molecule has 4 nitrogen and oxygen atoms in total. The Balaban J connectivity index is 1.74. The molecule has 0 radical (unpaired) electrons. The first-order valence-electron chi connectivity index (χ1n) is 8.40. The zero-order chi connectivity index (χ0) is 17.4. The molecule has 0 aliphatic heterocycles. The third-order valence-electron chi connectivity index (χ3n) is 4.73. The van der Waals surface area contributed by atoms with Gasteiger partial charge >= 0.3 is 0 Å². The summed E-state index contributed by atoms with van der Waals surface area (Å²) in [7, 11) is 0. The Morgan fingerprint density at radius 3 is 2.84 bits per heavy atom. The second kappa shape index (κ2) is 6.73. The van der Waals surface area contributed by atoms with Crippen molar-refractivity contribution < 1.29 is 4.79 Å². The summed E-state index contributed by atoms with van der Waals surface area (Å²) >= 11 is 7.76. The molecule has 2 aromatic heterocycles. The van der Waals surface area contributed by atoms with Gasteiger partial charge in [-0.25, -0.2) is 4.98 Å². The molecule has 1 fully saturated rings. The van der Waals surface area contributed by atoms with Crippen molar-refractivity contribution in [2.75, 3.05) is 4.90 Å². The van der Waals surface area contributed by atoms with Crippen LogP contribution in [0, 0.1) is 12.8 Å². The van der Waals surface area contributed by atoms with E-state index in [9.17, 15) is 4.79 Å². The number of carbonyl (C=O) groups excluding carboxylic acids is 1. The van der Waals surface area contributed by atoms with Crippen LogP contribution in [0.5, 0.6) is 0 Å². The number of aromatic nitrogens is 2. The van der Waals surface area contributed by atoms with Crippen LogP contribution < -0.4 is 4.90 Å². The van der Waals surface area contributed by atoms with Crippen molar-refractivity contribution in [2.24, 2.45) is 5.92 Å². The number of amides is 1. The largest absolute Gasteiger partial charge is 0.282 e. The highest BCUT2D eigenvalue weighted by Gasteiger charge is 2.32. The Kier molecular flexibility index (Phi) is 4.44. The van der Waals surface area contributed by atoms with Crippen LogP contribution in [-0.4, -0.2) is 15.9 Å². The molecule has 0 saturated heterocycles. The van der Waals surface area contributed by atoms with E-state index < -0.39 is 0 Å². The van der Waals surface area contributed by atoms with Gasteiger partial charge in [-0.05, 0) is 49.6 Å². The van der Waals surface area contributed by atoms with E-state index in [1.807, 2.05) is 37.3 Å². The second-order valence-corrected chi connectivity index (χ2v) is 7.81. The minimum atomic E-state index is 0.111. The van der Waals surface area contributed by atoms with Gasteiger partial charge in [-0.15, -0.1) is 0 Å². The topological polar surface area (TPSA) is 46.1 Å². The lowest BCUT2D eigenvalue weighted by Crippen LogP contribution is -2.38. The van der Waals surface area contributed by atoms with Gasteiger partial charge in [-0.3, -0.25) is 14.7 Å². The Morgan fingerprint density at radius 2 is 2.16 bits per heavy atom. The molecule has 0 bridgehead atoms. The SMILES string of the molecule is Cc1c(Cl)ccc2sc(N(Cc3ccccn3)C(=O)C3CCC3)nc12. The van der Waals surface area contributed by atoms with E-state index in [2.05, 4.69) is 4.98 Å². The molecule has 1 amide bonds. The van der Waals surface area contributed by atoms with Crippen molar-refractivity contribution in [3.05, 3.63) is 52.8 Å². The second-order valence-electron chi connectivity index (χ2n) is 6.39. The van der Waals surface area contributed by atoms with Crippen molar-refractivity contribution >= 4 is 44.2 Å². The minimum absolute atomic E-state index is 0.111. The molecule has 4 rings (SSSR count). The first kappa shape index (κ1) is 16.5. The number of aryl methyl sites for hydroxylation is 1. The molecule has 128 valence electrons. The van der Waals surface area contributed by atoms with Crippen molar-refractivity contribution in [2.45, 2.75) is 32.7 Å². The van der Waals surface area contributed by atoms with Gasteiger partial charge in [0, 0.05) is 17.1 Å². The fourth-order valence-corrected chi connectivity index (χ4v) is 4.16. The van der Waals surface area contributed by atoms with Crippen LogP contribution in [0.15, 0.2) is 36.5 Å². The van der Waals surface area contributed by atoms with Crippen molar-refractivity contribution in [3.63, 3.8) is 0 Å². The van der Waals surface area contributed by atoms with Gasteiger partial charge in [0.25, 0.3) is 0 Å². The molecule has 1 aliphatic carbocycles. The number of hydrogen-bond donors (Lipinski definition) is 0. The van der Waals surface area contributed by atoms with Crippen LogP contribution in [0.2, 0.25) is 5.02 Å². The van der Waals surface area contributed by atoms with Gasteiger partial charge in [0.05, 0.1) is 22.5 Å². The Bertz CT molecular complexity index is 921. The average molecular weight is 372 g/mol. The molecule has 0 atom stereocenters. The third kappa shape index (κ3) is 3.14. The zero-order valence-electron chi connectivity index (χ0n) is 13.9. The molecular formula is C19H18ClN3OS. The van der Waals surface area contributed by atoms with E-state index in [1.165, 1.54) is 11.3 Å². The summed E-state index contributed by atoms with van der Waals surface area (Å²) in [5.41, 5.74) is 2.69. The van der Waals surface area contributed by atoms with Gasteiger partial charge in [0.15, 0.2) is 5.13 Å². The number of fused-ring (bicyclic) bond motifs is 1. The minimum Gasteiger partial charge on any atom is -0.282 e. The lowest BCUT2D eigenvalue weighted by Gasteiger charge is -2.30. The molecule has 1 aromatic carbocycles. The number of benzene rings is 1. The van der Waals surface area contributed by atoms with Gasteiger partial charge in [0.2, 0.25) is 5.91 Å². The summed E-state index contributed by atoms with van der Waals surface area (Å²) in [6, 6.07) is 9.62. The van der Waals surface area contributed by atoms with E-state index in [1.54, 1.807) is 11.1 Å². The molecule has 1 aliphatic rings. The van der Waals surface area contributed by atoms with E-state index >= 15 is 0 Å². The molecule has 25 heavy (non-hydrogen) atoms. The van der Waals surface area contributed by atoms with Crippen molar-refractivity contribution in [3.8, 4) is 0 Å². The number of anilines is 1. The predicted molar refractivity (Wildman–Crippen MR) is 102 cm³/mol. The van der Waals surface area contributed by atoms with Crippen LogP contribution in [0.3, 0.4) is 0 Å². The molecule has 0 unspecified atom stereocenters. The quantitative estimate of drug-likeness (QED) is 0.649. The maximum Gasteiger partial charge on any atom is 0.232 e. The van der Waals surface area contributed by atoms with E-state index in [-0.39, 0.29) is 11.8 Å². The van der Waals surface area contributed by atoms with Crippen LogP contribution >= 0.6 is 22.9 Å². The Morgan fingerprint density at radius 1 is 1.32 bits per heavy atom. The number of rotatable bonds is 4. The first-order chi connectivity index (χ1) is 12.1. The smallest absolute Gasteiger partial charge is 0.232 e. The highest BCUT2D eigenvalue weighted by Crippen LogP contribution is 2.36. The summed E-state index contributed by atoms with van der Waals surface area (Å²) in [5, 5.41) is 1.42.